The molecule has 1 heteroatoms. The standard InChI is InChI=1S/C9H7Br.CH4/c10-9-6-2-4-7-3-1-5-8(7)9;/h1-4,6H,5H2;1H4. The van der Waals surface area contributed by atoms with Crippen LogP contribution in [-0.2, 0) is 6.42 Å². The van der Waals surface area contributed by atoms with Gasteiger partial charge in [0, 0.05) is 4.47 Å². The minimum Gasteiger partial charge on any atom is -0.0795 e. The highest BCUT2D eigenvalue weighted by molar-refractivity contribution is 9.10. The van der Waals surface area contributed by atoms with Crippen molar-refractivity contribution in [2.24, 2.45) is 0 Å². The largest absolute Gasteiger partial charge is 0.0795 e. The Hall–Kier alpha value is -0.560. The molecule has 1 aromatic carbocycles. The Balaban J connectivity index is 0.000000605. The molecule has 11 heavy (non-hydrogen) atoms. The fourth-order valence-corrected chi connectivity index (χ4v) is 1.79. The van der Waals surface area contributed by atoms with E-state index >= 15 is 0 Å². The van der Waals surface area contributed by atoms with Gasteiger partial charge in [0.2, 0.25) is 0 Å². The second kappa shape index (κ2) is 3.22. The smallest absolute Gasteiger partial charge is 0.0216 e. The summed E-state index contributed by atoms with van der Waals surface area (Å²) in [5.41, 5.74) is 2.77. The molecule has 0 nitrogen and oxygen atoms in total. The molecule has 0 atom stereocenters. The van der Waals surface area contributed by atoms with Gasteiger partial charge in [-0.2, -0.15) is 0 Å². The summed E-state index contributed by atoms with van der Waals surface area (Å²) in [6.07, 6.45) is 5.44. The third kappa shape index (κ3) is 1.38. The minimum atomic E-state index is 0. The zero-order valence-electron chi connectivity index (χ0n) is 5.47. The topological polar surface area (TPSA) is 0 Å². The number of benzene rings is 1. The second-order valence-corrected chi connectivity index (χ2v) is 3.27. The zero-order chi connectivity index (χ0) is 6.97. The number of allylic oxidation sites excluding steroid dienone is 1. The van der Waals surface area contributed by atoms with Crippen molar-refractivity contribution >= 4 is 22.0 Å². The first-order chi connectivity index (χ1) is 4.88. The molecule has 0 aliphatic heterocycles. The highest BCUT2D eigenvalue weighted by atomic mass is 79.9. The van der Waals surface area contributed by atoms with E-state index in [1.54, 1.807) is 0 Å². The first kappa shape index (κ1) is 8.54. The summed E-state index contributed by atoms with van der Waals surface area (Å²) in [5.74, 6) is 0. The molecular weight excluding hydrogens is 200 g/mol. The number of hydrogen-bond donors (Lipinski definition) is 0. The Morgan fingerprint density at radius 3 is 2.82 bits per heavy atom. The van der Waals surface area contributed by atoms with E-state index in [9.17, 15) is 0 Å². The van der Waals surface area contributed by atoms with Gasteiger partial charge in [0.25, 0.3) is 0 Å². The average Bonchev–Trinajstić information content (AvgIpc) is 2.36. The molecule has 0 bridgehead atoms. The SMILES string of the molecule is Brc1cccc2c1CC=C2.C. The van der Waals surface area contributed by atoms with Gasteiger partial charge in [-0.15, -0.1) is 0 Å². The van der Waals surface area contributed by atoms with Crippen molar-refractivity contribution in [2.45, 2.75) is 13.8 Å². The molecular formula is C10H11Br. The van der Waals surface area contributed by atoms with E-state index in [1.165, 1.54) is 15.6 Å². The Labute approximate surface area is 76.1 Å². The second-order valence-electron chi connectivity index (χ2n) is 2.41. The number of rotatable bonds is 0. The van der Waals surface area contributed by atoms with E-state index < -0.39 is 0 Å². The van der Waals surface area contributed by atoms with E-state index in [4.69, 9.17) is 0 Å². The Bertz CT molecular complexity index is 287. The van der Waals surface area contributed by atoms with Gasteiger partial charge in [-0.1, -0.05) is 47.6 Å². The molecule has 58 valence electrons. The maximum Gasteiger partial charge on any atom is 0.0216 e. The molecule has 0 spiro atoms. The van der Waals surface area contributed by atoms with Crippen LogP contribution < -0.4 is 0 Å². The van der Waals surface area contributed by atoms with Crippen LogP contribution in [0.15, 0.2) is 28.7 Å². The maximum atomic E-state index is 3.51. The van der Waals surface area contributed by atoms with Crippen molar-refractivity contribution in [2.75, 3.05) is 0 Å². The van der Waals surface area contributed by atoms with Gasteiger partial charge in [-0.25, -0.2) is 0 Å². The van der Waals surface area contributed by atoms with Crippen LogP contribution in [0.2, 0.25) is 0 Å². The van der Waals surface area contributed by atoms with Gasteiger partial charge >= 0.3 is 0 Å². The summed E-state index contributed by atoms with van der Waals surface area (Å²) in [5, 5.41) is 0. The van der Waals surface area contributed by atoms with Gasteiger partial charge < -0.3 is 0 Å². The van der Waals surface area contributed by atoms with Crippen molar-refractivity contribution < 1.29 is 0 Å². The van der Waals surface area contributed by atoms with Crippen LogP contribution in [0.25, 0.3) is 6.08 Å². The predicted octanol–water partition coefficient (Wildman–Crippen LogP) is 3.65. The normalized spacial score (nSPS) is 12.5. The van der Waals surface area contributed by atoms with Crippen LogP contribution in [0.4, 0.5) is 0 Å². The maximum absolute atomic E-state index is 3.51. The van der Waals surface area contributed by atoms with Gasteiger partial charge in [-0.3, -0.25) is 0 Å². The first-order valence-electron chi connectivity index (χ1n) is 3.32. The van der Waals surface area contributed by atoms with E-state index in [1.807, 2.05) is 0 Å². The van der Waals surface area contributed by atoms with E-state index in [0.717, 1.165) is 6.42 Å². The predicted molar refractivity (Wildman–Crippen MR) is 53.6 cm³/mol. The lowest BCUT2D eigenvalue weighted by Crippen LogP contribution is -1.81. The molecule has 0 radical (unpaired) electrons. The van der Waals surface area contributed by atoms with Crippen LogP contribution in [0, 0.1) is 0 Å². The molecule has 0 unspecified atom stereocenters. The fraction of sp³-hybridized carbons (Fsp3) is 0.200. The molecule has 1 aliphatic rings. The summed E-state index contributed by atoms with van der Waals surface area (Å²) < 4.78 is 1.23. The lowest BCUT2D eigenvalue weighted by Gasteiger charge is -1.99. The lowest BCUT2D eigenvalue weighted by molar-refractivity contribution is 1.29. The van der Waals surface area contributed by atoms with Crippen LogP contribution in [-0.4, -0.2) is 0 Å². The van der Waals surface area contributed by atoms with Gasteiger partial charge in [-0.05, 0) is 23.6 Å². The van der Waals surface area contributed by atoms with E-state index in [-0.39, 0.29) is 7.43 Å². The van der Waals surface area contributed by atoms with Crippen molar-refractivity contribution in [1.82, 2.24) is 0 Å². The molecule has 2 rings (SSSR count). The molecule has 0 N–H and O–H groups in total. The summed E-state index contributed by atoms with van der Waals surface area (Å²) in [7, 11) is 0. The molecule has 1 aromatic rings. The van der Waals surface area contributed by atoms with Crippen molar-refractivity contribution in [1.29, 1.82) is 0 Å². The Kier molecular flexibility index (Phi) is 2.50. The third-order valence-electron chi connectivity index (χ3n) is 1.77. The van der Waals surface area contributed by atoms with Gasteiger partial charge in [0.05, 0.1) is 0 Å². The van der Waals surface area contributed by atoms with Crippen molar-refractivity contribution in [3.8, 4) is 0 Å². The van der Waals surface area contributed by atoms with Crippen LogP contribution in [0.1, 0.15) is 18.6 Å². The van der Waals surface area contributed by atoms with E-state index in [2.05, 4.69) is 46.3 Å². The molecule has 0 aromatic heterocycles. The highest BCUT2D eigenvalue weighted by Crippen LogP contribution is 2.26. The number of hydrogen-bond acceptors (Lipinski definition) is 0. The van der Waals surface area contributed by atoms with Crippen molar-refractivity contribution in [3.05, 3.63) is 39.9 Å². The zero-order valence-corrected chi connectivity index (χ0v) is 7.06. The summed E-state index contributed by atoms with van der Waals surface area (Å²) in [6.45, 7) is 0. The van der Waals surface area contributed by atoms with Crippen LogP contribution in [0.3, 0.4) is 0 Å². The lowest BCUT2D eigenvalue weighted by atomic mass is 10.1. The monoisotopic (exact) mass is 210 g/mol. The van der Waals surface area contributed by atoms with Gasteiger partial charge in [0.15, 0.2) is 0 Å². The fourth-order valence-electron chi connectivity index (χ4n) is 1.25. The number of halogens is 1. The molecule has 0 saturated carbocycles. The first-order valence-corrected chi connectivity index (χ1v) is 4.11. The van der Waals surface area contributed by atoms with Crippen molar-refractivity contribution in [3.63, 3.8) is 0 Å². The van der Waals surface area contributed by atoms with E-state index in [0.29, 0.717) is 0 Å². The quantitative estimate of drug-likeness (QED) is 0.614. The summed E-state index contributed by atoms with van der Waals surface area (Å²) in [4.78, 5) is 0. The van der Waals surface area contributed by atoms with Crippen LogP contribution >= 0.6 is 15.9 Å². The Morgan fingerprint density at radius 2 is 2.09 bits per heavy atom. The number of fused-ring (bicyclic) bond motifs is 1. The summed E-state index contributed by atoms with van der Waals surface area (Å²) >= 11 is 3.51. The highest BCUT2D eigenvalue weighted by Gasteiger charge is 2.06. The molecule has 0 amide bonds. The average molecular weight is 211 g/mol. The van der Waals surface area contributed by atoms with Crippen LogP contribution in [0.5, 0.6) is 0 Å². The molecule has 0 saturated heterocycles. The van der Waals surface area contributed by atoms with Gasteiger partial charge in [0.1, 0.15) is 0 Å². The molecule has 1 aliphatic carbocycles. The minimum absolute atomic E-state index is 0. The Morgan fingerprint density at radius 1 is 1.27 bits per heavy atom. The summed E-state index contributed by atoms with van der Waals surface area (Å²) in [6, 6.07) is 6.30. The molecule has 0 fully saturated rings. The third-order valence-corrected chi connectivity index (χ3v) is 2.52. The molecule has 0 heterocycles.